The van der Waals surface area contributed by atoms with Crippen LogP contribution >= 0.6 is 0 Å². The summed E-state index contributed by atoms with van der Waals surface area (Å²) in [6.45, 7) is 11.2. The van der Waals surface area contributed by atoms with Crippen LogP contribution in [0.2, 0.25) is 0 Å². The van der Waals surface area contributed by atoms with E-state index in [1.807, 2.05) is 0 Å². The van der Waals surface area contributed by atoms with Crippen LogP contribution in [-0.4, -0.2) is 50.7 Å². The van der Waals surface area contributed by atoms with Gasteiger partial charge in [0.05, 0.1) is 33.9 Å². The summed E-state index contributed by atoms with van der Waals surface area (Å²) in [6.07, 6.45) is 17.3. The Labute approximate surface area is 170 Å². The van der Waals surface area contributed by atoms with Crippen LogP contribution in [0, 0.1) is 0 Å². The molecule has 0 heterocycles. The molecule has 0 fully saturated rings. The predicted molar refractivity (Wildman–Crippen MR) is 118 cm³/mol. The Balaban J connectivity index is 3.41. The number of carbonyl (C=O) groups is 1. The standard InChI is InChI=1S/C24H48NO2/c1-6-7-8-9-10-11-12-13-14-15-16-17-19-25(4,5)20-22-27-21-18-24(26)23(2)3/h2,6-22H2,1,3-5H3/q+1. The summed E-state index contributed by atoms with van der Waals surface area (Å²) >= 11 is 0. The number of allylic oxidation sites excluding steroid dienone is 1. The summed E-state index contributed by atoms with van der Waals surface area (Å²) < 4.78 is 6.63. The van der Waals surface area contributed by atoms with Crippen molar-refractivity contribution in [1.29, 1.82) is 0 Å². The van der Waals surface area contributed by atoms with Crippen molar-refractivity contribution in [2.75, 3.05) is 40.4 Å². The third-order valence-corrected chi connectivity index (χ3v) is 5.41. The second-order valence-electron chi connectivity index (χ2n) is 8.84. The third-order valence-electron chi connectivity index (χ3n) is 5.41. The highest BCUT2D eigenvalue weighted by Crippen LogP contribution is 2.12. The van der Waals surface area contributed by atoms with Gasteiger partial charge in [0, 0.05) is 6.42 Å². The molecule has 0 N–H and O–H groups in total. The van der Waals surface area contributed by atoms with Gasteiger partial charge in [-0.05, 0) is 25.3 Å². The Morgan fingerprint density at radius 3 is 1.74 bits per heavy atom. The molecule has 0 bridgehead atoms. The van der Waals surface area contributed by atoms with Crippen LogP contribution in [0.3, 0.4) is 0 Å². The fraction of sp³-hybridized carbons (Fsp3) is 0.875. The molecule has 0 unspecified atom stereocenters. The Hall–Kier alpha value is -0.670. The largest absolute Gasteiger partial charge is 0.375 e. The molecule has 0 radical (unpaired) electrons. The molecule has 3 nitrogen and oxygen atoms in total. The van der Waals surface area contributed by atoms with Crippen LogP contribution in [0.5, 0.6) is 0 Å². The number of Topliss-reactive ketones (excluding diaryl/α,β-unsaturated/α-hetero) is 1. The highest BCUT2D eigenvalue weighted by Gasteiger charge is 2.14. The first-order valence-corrected chi connectivity index (χ1v) is 11.5. The maximum Gasteiger partial charge on any atom is 0.160 e. The molecular weight excluding hydrogens is 334 g/mol. The summed E-state index contributed by atoms with van der Waals surface area (Å²) in [7, 11) is 4.56. The molecule has 0 atom stereocenters. The molecule has 0 amide bonds. The summed E-state index contributed by atoms with van der Waals surface area (Å²) in [4.78, 5) is 11.5. The number of ether oxygens (including phenoxy) is 1. The third kappa shape index (κ3) is 18.5. The predicted octanol–water partition coefficient (Wildman–Crippen LogP) is 6.32. The van der Waals surface area contributed by atoms with Gasteiger partial charge < -0.3 is 9.22 Å². The highest BCUT2D eigenvalue weighted by molar-refractivity contribution is 5.94. The maximum absolute atomic E-state index is 11.5. The van der Waals surface area contributed by atoms with E-state index in [1.165, 1.54) is 83.6 Å². The van der Waals surface area contributed by atoms with Crippen molar-refractivity contribution in [2.24, 2.45) is 0 Å². The van der Waals surface area contributed by atoms with Crippen molar-refractivity contribution < 1.29 is 14.0 Å². The Morgan fingerprint density at radius 1 is 0.778 bits per heavy atom. The average Bonchev–Trinajstić information content (AvgIpc) is 2.62. The lowest BCUT2D eigenvalue weighted by molar-refractivity contribution is -0.891. The van der Waals surface area contributed by atoms with E-state index < -0.39 is 0 Å². The molecule has 0 aliphatic heterocycles. The molecule has 160 valence electrons. The van der Waals surface area contributed by atoms with E-state index in [2.05, 4.69) is 27.6 Å². The minimum Gasteiger partial charge on any atom is -0.375 e. The number of quaternary nitrogens is 1. The summed E-state index contributed by atoms with van der Waals surface area (Å²) in [6, 6.07) is 0. The van der Waals surface area contributed by atoms with E-state index in [0.717, 1.165) is 17.6 Å². The molecule has 0 aromatic carbocycles. The molecule has 0 spiro atoms. The van der Waals surface area contributed by atoms with Gasteiger partial charge >= 0.3 is 0 Å². The van der Waals surface area contributed by atoms with Gasteiger partial charge in [-0.1, -0.05) is 77.7 Å². The zero-order valence-corrected chi connectivity index (χ0v) is 19.0. The lowest BCUT2D eigenvalue weighted by Crippen LogP contribution is -2.43. The minimum absolute atomic E-state index is 0.111. The van der Waals surface area contributed by atoms with Crippen LogP contribution < -0.4 is 0 Å². The van der Waals surface area contributed by atoms with Crippen molar-refractivity contribution >= 4 is 5.78 Å². The Kier molecular flexibility index (Phi) is 17.0. The van der Waals surface area contributed by atoms with E-state index in [0.29, 0.717) is 18.6 Å². The number of hydrogen-bond acceptors (Lipinski definition) is 2. The quantitative estimate of drug-likeness (QED) is 0.140. The Bertz CT molecular complexity index is 377. The number of ketones is 1. The van der Waals surface area contributed by atoms with E-state index in [9.17, 15) is 4.79 Å². The van der Waals surface area contributed by atoms with E-state index in [-0.39, 0.29) is 5.78 Å². The highest BCUT2D eigenvalue weighted by atomic mass is 16.5. The molecule has 0 rings (SSSR count). The number of likely N-dealkylation sites (N-methyl/N-ethyl adjacent to an activating group) is 1. The SMILES string of the molecule is C=C(C)C(=O)CCOCC[N+](C)(C)CCCCCCCCCCCCCC. The second-order valence-corrected chi connectivity index (χ2v) is 8.84. The number of unbranched alkanes of at least 4 members (excludes halogenated alkanes) is 11. The van der Waals surface area contributed by atoms with Gasteiger partial charge in [-0.25, -0.2) is 0 Å². The van der Waals surface area contributed by atoms with Crippen molar-refractivity contribution in [2.45, 2.75) is 97.3 Å². The number of rotatable bonds is 20. The number of nitrogens with zero attached hydrogens (tertiary/aromatic N) is 1. The van der Waals surface area contributed by atoms with E-state index in [1.54, 1.807) is 6.92 Å². The molecule has 0 saturated heterocycles. The first-order valence-electron chi connectivity index (χ1n) is 11.5. The van der Waals surface area contributed by atoms with Crippen LogP contribution in [0.25, 0.3) is 0 Å². The fourth-order valence-electron chi connectivity index (χ4n) is 3.28. The molecule has 3 heteroatoms. The zero-order valence-electron chi connectivity index (χ0n) is 19.0. The van der Waals surface area contributed by atoms with Gasteiger partial charge in [0.2, 0.25) is 0 Å². The van der Waals surface area contributed by atoms with Crippen molar-refractivity contribution in [3.63, 3.8) is 0 Å². The molecule has 0 aliphatic rings. The summed E-state index contributed by atoms with van der Waals surface area (Å²) in [5.74, 6) is 0.111. The van der Waals surface area contributed by atoms with Crippen molar-refractivity contribution in [1.82, 2.24) is 0 Å². The second kappa shape index (κ2) is 17.4. The van der Waals surface area contributed by atoms with Gasteiger partial charge in [0.1, 0.15) is 6.54 Å². The van der Waals surface area contributed by atoms with Crippen LogP contribution in [-0.2, 0) is 9.53 Å². The fourth-order valence-corrected chi connectivity index (χ4v) is 3.28. The topological polar surface area (TPSA) is 26.3 Å². The van der Waals surface area contributed by atoms with Gasteiger partial charge in [0.25, 0.3) is 0 Å². The number of hydrogen-bond donors (Lipinski definition) is 0. The number of carbonyl (C=O) groups excluding carboxylic acids is 1. The summed E-state index contributed by atoms with van der Waals surface area (Å²) in [5.41, 5.74) is 0.627. The minimum atomic E-state index is 0.111. The summed E-state index contributed by atoms with van der Waals surface area (Å²) in [5, 5.41) is 0. The van der Waals surface area contributed by atoms with Gasteiger partial charge in [-0.2, -0.15) is 0 Å². The van der Waals surface area contributed by atoms with Gasteiger partial charge in [0.15, 0.2) is 5.78 Å². The smallest absolute Gasteiger partial charge is 0.160 e. The monoisotopic (exact) mass is 382 g/mol. The van der Waals surface area contributed by atoms with Crippen molar-refractivity contribution in [3.05, 3.63) is 12.2 Å². The molecule has 27 heavy (non-hydrogen) atoms. The van der Waals surface area contributed by atoms with Gasteiger partial charge in [-0.15, -0.1) is 0 Å². The lowest BCUT2D eigenvalue weighted by Gasteiger charge is -2.29. The zero-order chi connectivity index (χ0) is 20.4. The molecule has 0 aromatic heterocycles. The van der Waals surface area contributed by atoms with Crippen molar-refractivity contribution in [3.8, 4) is 0 Å². The average molecular weight is 383 g/mol. The molecule has 0 aliphatic carbocycles. The van der Waals surface area contributed by atoms with Crippen LogP contribution in [0.1, 0.15) is 97.3 Å². The van der Waals surface area contributed by atoms with E-state index in [4.69, 9.17) is 4.74 Å². The van der Waals surface area contributed by atoms with Crippen LogP contribution in [0.15, 0.2) is 12.2 Å². The lowest BCUT2D eigenvalue weighted by atomic mass is 10.1. The maximum atomic E-state index is 11.5. The van der Waals surface area contributed by atoms with E-state index >= 15 is 0 Å². The van der Waals surface area contributed by atoms with Crippen LogP contribution in [0.4, 0.5) is 0 Å². The molecule has 0 aromatic rings. The molecule has 0 saturated carbocycles. The first-order chi connectivity index (χ1) is 12.9. The molecular formula is C24H48NO2+. The van der Waals surface area contributed by atoms with Gasteiger partial charge in [-0.3, -0.25) is 4.79 Å². The normalized spacial score (nSPS) is 11.7. The Morgan fingerprint density at radius 2 is 1.26 bits per heavy atom. The first kappa shape index (κ1) is 26.3.